The highest BCUT2D eigenvalue weighted by atomic mass is 16.4. The first kappa shape index (κ1) is 11.5. The van der Waals surface area contributed by atoms with Crippen molar-refractivity contribution in [3.8, 4) is 0 Å². The Morgan fingerprint density at radius 1 is 1.16 bits per heavy atom. The molecule has 0 bridgehead atoms. The van der Waals surface area contributed by atoms with E-state index in [2.05, 4.69) is 4.98 Å². The third kappa shape index (κ3) is 2.33. The Hall–Kier alpha value is -2.62. The summed E-state index contributed by atoms with van der Waals surface area (Å²) in [5.74, 6) is -0.383. The van der Waals surface area contributed by atoms with E-state index in [1.54, 1.807) is 6.07 Å². The molecule has 4 heteroatoms. The molecule has 3 rings (SSSR count). The van der Waals surface area contributed by atoms with Gasteiger partial charge in [0.1, 0.15) is 5.52 Å². The minimum absolute atomic E-state index is 0.204. The monoisotopic (exact) mass is 253 g/mol. The third-order valence-electron chi connectivity index (χ3n) is 2.88. The number of rotatable bonds is 3. The SMILES string of the molecule is O=C(O)c1ccc2nc(Cc3ccccc3)oc2c1. The van der Waals surface area contributed by atoms with Crippen molar-refractivity contribution < 1.29 is 14.3 Å². The Morgan fingerprint density at radius 3 is 2.68 bits per heavy atom. The van der Waals surface area contributed by atoms with Crippen LogP contribution in [0.1, 0.15) is 21.8 Å². The molecule has 0 amide bonds. The van der Waals surface area contributed by atoms with Crippen molar-refractivity contribution >= 4 is 17.1 Å². The Bertz CT molecular complexity index is 731. The van der Waals surface area contributed by atoms with E-state index >= 15 is 0 Å². The van der Waals surface area contributed by atoms with Gasteiger partial charge in [0.25, 0.3) is 0 Å². The summed E-state index contributed by atoms with van der Waals surface area (Å²) in [6.45, 7) is 0. The van der Waals surface area contributed by atoms with E-state index in [1.165, 1.54) is 12.1 Å². The fourth-order valence-electron chi connectivity index (χ4n) is 1.95. The number of hydrogen-bond donors (Lipinski definition) is 1. The lowest BCUT2D eigenvalue weighted by atomic mass is 10.1. The van der Waals surface area contributed by atoms with Crippen LogP contribution in [0.4, 0.5) is 0 Å². The molecule has 1 aromatic heterocycles. The predicted octanol–water partition coefficient (Wildman–Crippen LogP) is 3.12. The summed E-state index contributed by atoms with van der Waals surface area (Å²) >= 11 is 0. The van der Waals surface area contributed by atoms with Gasteiger partial charge in [-0.05, 0) is 23.8 Å². The lowest BCUT2D eigenvalue weighted by Crippen LogP contribution is -1.94. The maximum Gasteiger partial charge on any atom is 0.335 e. The summed E-state index contributed by atoms with van der Waals surface area (Å²) in [6.07, 6.45) is 0.595. The van der Waals surface area contributed by atoms with E-state index < -0.39 is 5.97 Å². The normalized spacial score (nSPS) is 10.7. The number of fused-ring (bicyclic) bond motifs is 1. The van der Waals surface area contributed by atoms with Crippen LogP contribution < -0.4 is 0 Å². The van der Waals surface area contributed by atoms with E-state index in [0.29, 0.717) is 23.4 Å². The highest BCUT2D eigenvalue weighted by molar-refractivity contribution is 5.91. The van der Waals surface area contributed by atoms with Crippen molar-refractivity contribution in [2.24, 2.45) is 0 Å². The number of aromatic nitrogens is 1. The number of oxazole rings is 1. The molecule has 0 radical (unpaired) electrons. The summed E-state index contributed by atoms with van der Waals surface area (Å²) in [6, 6.07) is 14.6. The predicted molar refractivity (Wildman–Crippen MR) is 70.2 cm³/mol. The van der Waals surface area contributed by atoms with Gasteiger partial charge in [-0.2, -0.15) is 0 Å². The molecular weight excluding hydrogens is 242 g/mol. The molecular formula is C15H11NO3. The average Bonchev–Trinajstić information content (AvgIpc) is 2.80. The first-order valence-electron chi connectivity index (χ1n) is 5.89. The van der Waals surface area contributed by atoms with Crippen LogP contribution in [0.3, 0.4) is 0 Å². The van der Waals surface area contributed by atoms with Crippen LogP contribution in [0.5, 0.6) is 0 Å². The maximum absolute atomic E-state index is 10.9. The zero-order chi connectivity index (χ0) is 13.2. The summed E-state index contributed by atoms with van der Waals surface area (Å²) in [7, 11) is 0. The smallest absolute Gasteiger partial charge is 0.335 e. The van der Waals surface area contributed by atoms with Gasteiger partial charge in [0.05, 0.1) is 5.56 Å². The second-order valence-corrected chi connectivity index (χ2v) is 4.26. The second kappa shape index (κ2) is 4.57. The Kier molecular flexibility index (Phi) is 2.76. The number of carbonyl (C=O) groups is 1. The Morgan fingerprint density at radius 2 is 1.95 bits per heavy atom. The van der Waals surface area contributed by atoms with Crippen molar-refractivity contribution in [1.29, 1.82) is 0 Å². The van der Waals surface area contributed by atoms with Crippen LogP contribution in [0.15, 0.2) is 52.9 Å². The fourth-order valence-corrected chi connectivity index (χ4v) is 1.95. The van der Waals surface area contributed by atoms with E-state index in [9.17, 15) is 4.79 Å². The van der Waals surface area contributed by atoms with Crippen molar-refractivity contribution in [1.82, 2.24) is 4.98 Å². The molecule has 0 unspecified atom stereocenters. The van der Waals surface area contributed by atoms with Gasteiger partial charge in [-0.25, -0.2) is 9.78 Å². The molecule has 4 nitrogen and oxygen atoms in total. The van der Waals surface area contributed by atoms with E-state index in [-0.39, 0.29) is 5.56 Å². The first-order chi connectivity index (χ1) is 9.22. The number of benzene rings is 2. The largest absolute Gasteiger partial charge is 0.478 e. The van der Waals surface area contributed by atoms with Gasteiger partial charge in [-0.1, -0.05) is 30.3 Å². The lowest BCUT2D eigenvalue weighted by molar-refractivity contribution is 0.0697. The van der Waals surface area contributed by atoms with Crippen molar-refractivity contribution in [2.75, 3.05) is 0 Å². The Balaban J connectivity index is 1.95. The molecule has 94 valence electrons. The quantitative estimate of drug-likeness (QED) is 0.779. The summed E-state index contributed by atoms with van der Waals surface area (Å²) in [4.78, 5) is 15.2. The van der Waals surface area contributed by atoms with Gasteiger partial charge >= 0.3 is 5.97 Å². The van der Waals surface area contributed by atoms with Crippen LogP contribution in [0, 0.1) is 0 Å². The van der Waals surface area contributed by atoms with E-state index in [1.807, 2.05) is 30.3 Å². The maximum atomic E-state index is 10.9. The molecule has 0 fully saturated rings. The number of aromatic carboxylic acids is 1. The van der Waals surface area contributed by atoms with Crippen molar-refractivity contribution in [2.45, 2.75) is 6.42 Å². The second-order valence-electron chi connectivity index (χ2n) is 4.26. The van der Waals surface area contributed by atoms with Crippen LogP contribution >= 0.6 is 0 Å². The molecule has 0 spiro atoms. The van der Waals surface area contributed by atoms with E-state index in [4.69, 9.17) is 9.52 Å². The van der Waals surface area contributed by atoms with Gasteiger partial charge in [0, 0.05) is 6.42 Å². The molecule has 0 saturated heterocycles. The number of carboxylic acids is 1. The number of nitrogens with zero attached hydrogens (tertiary/aromatic N) is 1. The highest BCUT2D eigenvalue weighted by Crippen LogP contribution is 2.19. The summed E-state index contributed by atoms with van der Waals surface area (Å²) in [5.41, 5.74) is 2.49. The molecule has 0 aliphatic rings. The molecule has 1 heterocycles. The third-order valence-corrected chi connectivity index (χ3v) is 2.88. The number of hydrogen-bond acceptors (Lipinski definition) is 3. The lowest BCUT2D eigenvalue weighted by Gasteiger charge is -1.94. The zero-order valence-electron chi connectivity index (χ0n) is 10.0. The fraction of sp³-hybridized carbons (Fsp3) is 0.0667. The van der Waals surface area contributed by atoms with Gasteiger partial charge in [0.15, 0.2) is 11.5 Å². The van der Waals surface area contributed by atoms with Crippen LogP contribution in [-0.2, 0) is 6.42 Å². The van der Waals surface area contributed by atoms with Gasteiger partial charge in [-0.15, -0.1) is 0 Å². The van der Waals surface area contributed by atoms with Gasteiger partial charge in [0.2, 0.25) is 0 Å². The molecule has 0 saturated carbocycles. The average molecular weight is 253 g/mol. The molecule has 19 heavy (non-hydrogen) atoms. The van der Waals surface area contributed by atoms with Crippen LogP contribution in [0.25, 0.3) is 11.1 Å². The van der Waals surface area contributed by atoms with Crippen molar-refractivity contribution in [3.63, 3.8) is 0 Å². The van der Waals surface area contributed by atoms with Crippen molar-refractivity contribution in [3.05, 3.63) is 65.5 Å². The summed E-state index contributed by atoms with van der Waals surface area (Å²) < 4.78 is 5.59. The highest BCUT2D eigenvalue weighted by Gasteiger charge is 2.09. The van der Waals surface area contributed by atoms with Gasteiger partial charge < -0.3 is 9.52 Å². The molecule has 2 aromatic carbocycles. The number of carboxylic acid groups (broad SMARTS) is 1. The molecule has 0 aliphatic carbocycles. The first-order valence-corrected chi connectivity index (χ1v) is 5.89. The minimum Gasteiger partial charge on any atom is -0.478 e. The summed E-state index contributed by atoms with van der Waals surface area (Å²) in [5, 5.41) is 8.92. The molecule has 0 aliphatic heterocycles. The van der Waals surface area contributed by atoms with Gasteiger partial charge in [-0.3, -0.25) is 0 Å². The van der Waals surface area contributed by atoms with Crippen LogP contribution in [-0.4, -0.2) is 16.1 Å². The zero-order valence-corrected chi connectivity index (χ0v) is 10.0. The molecule has 1 N–H and O–H groups in total. The molecule has 0 atom stereocenters. The standard InChI is InChI=1S/C15H11NO3/c17-15(18)11-6-7-12-13(9-11)19-14(16-12)8-10-4-2-1-3-5-10/h1-7,9H,8H2,(H,17,18). The van der Waals surface area contributed by atoms with Crippen LogP contribution in [0.2, 0.25) is 0 Å². The van der Waals surface area contributed by atoms with E-state index in [0.717, 1.165) is 5.56 Å². The minimum atomic E-state index is -0.970. The molecule has 3 aromatic rings. The Labute approximate surface area is 109 Å². The topological polar surface area (TPSA) is 63.3 Å².